The summed E-state index contributed by atoms with van der Waals surface area (Å²) in [4.78, 5) is 12.3. The Bertz CT molecular complexity index is 448. The van der Waals surface area contributed by atoms with E-state index in [0.29, 0.717) is 23.7 Å². The van der Waals surface area contributed by atoms with E-state index in [4.69, 9.17) is 4.74 Å². The maximum Gasteiger partial charge on any atom is 0.166 e. The van der Waals surface area contributed by atoms with Crippen LogP contribution in [0.5, 0.6) is 5.75 Å². The number of carbonyl (C=O) groups excluding carboxylic acids is 1. The molecular formula is C15H19BrO2. The van der Waals surface area contributed by atoms with Gasteiger partial charge >= 0.3 is 0 Å². The van der Waals surface area contributed by atoms with E-state index >= 15 is 0 Å². The van der Waals surface area contributed by atoms with Gasteiger partial charge in [-0.3, -0.25) is 4.79 Å². The van der Waals surface area contributed by atoms with Gasteiger partial charge in [-0.05, 0) is 30.5 Å². The van der Waals surface area contributed by atoms with Crippen LogP contribution >= 0.6 is 15.9 Å². The van der Waals surface area contributed by atoms with Gasteiger partial charge in [-0.15, -0.1) is 0 Å². The van der Waals surface area contributed by atoms with Crippen LogP contribution in [0.15, 0.2) is 16.6 Å². The molecule has 0 aliphatic heterocycles. The van der Waals surface area contributed by atoms with Crippen LogP contribution < -0.4 is 4.74 Å². The fourth-order valence-corrected chi connectivity index (χ4v) is 2.97. The van der Waals surface area contributed by atoms with Crippen molar-refractivity contribution in [2.45, 2.75) is 39.0 Å². The predicted molar refractivity (Wildman–Crippen MR) is 76.3 cm³/mol. The van der Waals surface area contributed by atoms with Gasteiger partial charge in [0.25, 0.3) is 0 Å². The van der Waals surface area contributed by atoms with Crippen molar-refractivity contribution in [3.8, 4) is 5.75 Å². The Kier molecular flexibility index (Phi) is 4.44. The molecule has 1 saturated carbocycles. The van der Waals surface area contributed by atoms with Gasteiger partial charge in [0.15, 0.2) is 5.78 Å². The maximum absolute atomic E-state index is 12.3. The highest BCUT2D eigenvalue weighted by Gasteiger charge is 2.21. The Balaban J connectivity index is 2.20. The molecule has 1 aliphatic carbocycles. The van der Waals surface area contributed by atoms with Crippen LogP contribution in [0, 0.1) is 12.8 Å². The zero-order valence-corrected chi connectivity index (χ0v) is 12.5. The highest BCUT2D eigenvalue weighted by Crippen LogP contribution is 2.32. The number of methoxy groups -OCH3 is 1. The van der Waals surface area contributed by atoms with Crippen molar-refractivity contribution in [1.82, 2.24) is 0 Å². The van der Waals surface area contributed by atoms with E-state index in [1.165, 1.54) is 25.7 Å². The second-order valence-corrected chi connectivity index (χ2v) is 5.93. The molecule has 0 bridgehead atoms. The monoisotopic (exact) mass is 310 g/mol. The van der Waals surface area contributed by atoms with E-state index in [1.807, 2.05) is 19.1 Å². The predicted octanol–water partition coefficient (Wildman–Crippen LogP) is 4.53. The van der Waals surface area contributed by atoms with Crippen molar-refractivity contribution in [3.63, 3.8) is 0 Å². The van der Waals surface area contributed by atoms with E-state index in [9.17, 15) is 4.79 Å². The molecule has 0 atom stereocenters. The SMILES string of the molecule is COc1cc(C)c(Br)cc1C(=O)CC1CCCC1. The average molecular weight is 311 g/mol. The van der Waals surface area contributed by atoms with Crippen LogP contribution in [-0.4, -0.2) is 12.9 Å². The van der Waals surface area contributed by atoms with Crippen molar-refractivity contribution in [2.24, 2.45) is 5.92 Å². The number of Topliss-reactive ketones (excluding diaryl/α,β-unsaturated/α-hetero) is 1. The second-order valence-electron chi connectivity index (χ2n) is 5.08. The number of carbonyl (C=O) groups is 1. The number of ether oxygens (including phenoxy) is 1. The molecule has 1 aliphatic rings. The summed E-state index contributed by atoms with van der Waals surface area (Å²) < 4.78 is 6.30. The van der Waals surface area contributed by atoms with Gasteiger partial charge in [0.05, 0.1) is 12.7 Å². The van der Waals surface area contributed by atoms with Gasteiger partial charge in [-0.25, -0.2) is 0 Å². The summed E-state index contributed by atoms with van der Waals surface area (Å²) in [6, 6.07) is 3.82. The molecule has 18 heavy (non-hydrogen) atoms. The molecule has 98 valence electrons. The fourth-order valence-electron chi connectivity index (χ4n) is 2.63. The molecule has 0 saturated heterocycles. The van der Waals surface area contributed by atoms with Crippen LogP contribution in [-0.2, 0) is 0 Å². The quantitative estimate of drug-likeness (QED) is 0.764. The molecule has 0 unspecified atom stereocenters. The van der Waals surface area contributed by atoms with Gasteiger partial charge in [0, 0.05) is 10.9 Å². The minimum atomic E-state index is 0.208. The van der Waals surface area contributed by atoms with E-state index in [1.54, 1.807) is 7.11 Å². The average Bonchev–Trinajstić information content (AvgIpc) is 2.84. The lowest BCUT2D eigenvalue weighted by atomic mass is 9.96. The van der Waals surface area contributed by atoms with Crippen LogP contribution in [0.2, 0.25) is 0 Å². The van der Waals surface area contributed by atoms with Gasteiger partial charge in [0.2, 0.25) is 0 Å². The first-order chi connectivity index (χ1) is 8.61. The topological polar surface area (TPSA) is 26.3 Å². The largest absolute Gasteiger partial charge is 0.496 e. The smallest absolute Gasteiger partial charge is 0.166 e. The Morgan fingerprint density at radius 3 is 2.67 bits per heavy atom. The van der Waals surface area contributed by atoms with Crippen molar-refractivity contribution in [2.75, 3.05) is 7.11 Å². The molecule has 1 aromatic carbocycles. The molecule has 0 heterocycles. The second kappa shape index (κ2) is 5.87. The summed E-state index contributed by atoms with van der Waals surface area (Å²) in [6.07, 6.45) is 5.59. The Hall–Kier alpha value is -0.830. The number of hydrogen-bond acceptors (Lipinski definition) is 2. The molecule has 2 nitrogen and oxygen atoms in total. The molecule has 0 radical (unpaired) electrons. The van der Waals surface area contributed by atoms with Crippen molar-refractivity contribution >= 4 is 21.7 Å². The zero-order valence-electron chi connectivity index (χ0n) is 11.0. The Morgan fingerprint density at radius 2 is 2.06 bits per heavy atom. The van der Waals surface area contributed by atoms with E-state index in [2.05, 4.69) is 15.9 Å². The highest BCUT2D eigenvalue weighted by molar-refractivity contribution is 9.10. The van der Waals surface area contributed by atoms with Crippen molar-refractivity contribution < 1.29 is 9.53 Å². The normalized spacial score (nSPS) is 15.9. The van der Waals surface area contributed by atoms with Crippen LogP contribution in [0.4, 0.5) is 0 Å². The number of rotatable bonds is 4. The maximum atomic E-state index is 12.3. The molecule has 0 aromatic heterocycles. The first-order valence-corrected chi connectivity index (χ1v) is 7.28. The molecule has 1 aromatic rings. The summed E-state index contributed by atoms with van der Waals surface area (Å²) in [5.41, 5.74) is 1.80. The van der Waals surface area contributed by atoms with E-state index < -0.39 is 0 Å². The lowest BCUT2D eigenvalue weighted by molar-refractivity contribution is 0.0959. The molecule has 2 rings (SSSR count). The third-order valence-electron chi connectivity index (χ3n) is 3.73. The summed E-state index contributed by atoms with van der Waals surface area (Å²) in [5, 5.41) is 0. The van der Waals surface area contributed by atoms with Crippen molar-refractivity contribution in [1.29, 1.82) is 0 Å². The summed E-state index contributed by atoms with van der Waals surface area (Å²) in [6.45, 7) is 2.00. The first kappa shape index (κ1) is 13.6. The van der Waals surface area contributed by atoms with Gasteiger partial charge in [-0.1, -0.05) is 41.6 Å². The van der Waals surface area contributed by atoms with Gasteiger partial charge in [-0.2, -0.15) is 0 Å². The highest BCUT2D eigenvalue weighted by atomic mass is 79.9. The fraction of sp³-hybridized carbons (Fsp3) is 0.533. The summed E-state index contributed by atoms with van der Waals surface area (Å²) >= 11 is 3.48. The third kappa shape index (κ3) is 2.94. The van der Waals surface area contributed by atoms with Crippen molar-refractivity contribution in [3.05, 3.63) is 27.7 Å². The number of halogens is 1. The molecule has 0 amide bonds. The third-order valence-corrected chi connectivity index (χ3v) is 4.58. The Labute approximate surface area is 117 Å². The molecular weight excluding hydrogens is 292 g/mol. The van der Waals surface area contributed by atoms with Crippen LogP contribution in [0.3, 0.4) is 0 Å². The van der Waals surface area contributed by atoms with Crippen LogP contribution in [0.25, 0.3) is 0 Å². The molecule has 1 fully saturated rings. The lowest BCUT2D eigenvalue weighted by Crippen LogP contribution is -2.08. The molecule has 3 heteroatoms. The van der Waals surface area contributed by atoms with Gasteiger partial charge < -0.3 is 4.74 Å². The van der Waals surface area contributed by atoms with E-state index in [-0.39, 0.29) is 5.78 Å². The zero-order chi connectivity index (χ0) is 13.1. The summed E-state index contributed by atoms with van der Waals surface area (Å²) in [7, 11) is 1.62. The number of benzene rings is 1. The summed E-state index contributed by atoms with van der Waals surface area (Å²) in [5.74, 6) is 1.47. The number of ketones is 1. The lowest BCUT2D eigenvalue weighted by Gasteiger charge is -2.12. The number of hydrogen-bond donors (Lipinski definition) is 0. The molecule has 0 N–H and O–H groups in total. The molecule has 0 spiro atoms. The standard InChI is InChI=1S/C15H19BrO2/c1-10-7-15(18-2)12(9-13(10)16)14(17)8-11-5-3-4-6-11/h7,9,11H,3-6,8H2,1-2H3. The Morgan fingerprint density at radius 1 is 1.39 bits per heavy atom. The van der Waals surface area contributed by atoms with E-state index in [0.717, 1.165) is 10.0 Å². The minimum absolute atomic E-state index is 0.208. The van der Waals surface area contributed by atoms with Gasteiger partial charge in [0.1, 0.15) is 5.75 Å². The first-order valence-electron chi connectivity index (χ1n) is 6.49. The minimum Gasteiger partial charge on any atom is -0.496 e. The van der Waals surface area contributed by atoms with Crippen LogP contribution in [0.1, 0.15) is 48.0 Å². The number of aryl methyl sites for hydroxylation is 1.